The predicted octanol–water partition coefficient (Wildman–Crippen LogP) is 4.68. The van der Waals surface area contributed by atoms with Gasteiger partial charge in [-0.25, -0.2) is 4.39 Å². The minimum Gasteiger partial charge on any atom is -0.393 e. The van der Waals surface area contributed by atoms with Gasteiger partial charge in [-0.3, -0.25) is 14.2 Å². The van der Waals surface area contributed by atoms with Crippen LogP contribution in [0.25, 0.3) is 10.9 Å². The fourth-order valence-corrected chi connectivity index (χ4v) is 5.67. The maximum atomic E-state index is 15.1. The number of benzene rings is 2. The number of H-pyrrole nitrogens is 1. The molecule has 3 N–H and O–H groups in total. The van der Waals surface area contributed by atoms with Crippen LogP contribution in [-0.2, 0) is 6.42 Å². The number of nitrogens with zero attached hydrogens (tertiary/aromatic N) is 2. The van der Waals surface area contributed by atoms with Gasteiger partial charge in [0.1, 0.15) is 5.67 Å². The van der Waals surface area contributed by atoms with Crippen molar-refractivity contribution in [1.29, 1.82) is 0 Å². The van der Waals surface area contributed by atoms with Crippen LogP contribution < -0.4 is 5.32 Å². The lowest BCUT2D eigenvalue weighted by molar-refractivity contribution is 0.0175. The fourth-order valence-electron chi connectivity index (χ4n) is 5.67. The van der Waals surface area contributed by atoms with E-state index in [2.05, 4.69) is 69.5 Å². The third-order valence-electron chi connectivity index (χ3n) is 7.52. The molecule has 2 aliphatic rings. The maximum Gasteiger partial charge on any atom is 0.143 e. The van der Waals surface area contributed by atoms with Crippen molar-refractivity contribution >= 4 is 16.6 Å². The van der Waals surface area contributed by atoms with E-state index >= 15 is 4.39 Å². The molecule has 35 heavy (non-hydrogen) atoms. The van der Waals surface area contributed by atoms with E-state index in [-0.39, 0.29) is 25.3 Å². The molecule has 2 aliphatic heterocycles. The summed E-state index contributed by atoms with van der Waals surface area (Å²) in [5, 5.41) is 14.5. The van der Waals surface area contributed by atoms with E-state index in [1.54, 1.807) is 0 Å². The maximum absolute atomic E-state index is 15.1. The average molecular weight is 483 g/mol. The summed E-state index contributed by atoms with van der Waals surface area (Å²) in [4.78, 5) is 8.08. The van der Waals surface area contributed by atoms with Crippen LogP contribution in [0.2, 0.25) is 0 Å². The number of para-hydroxylation sites is 1. The van der Waals surface area contributed by atoms with Gasteiger partial charge in [-0.15, -0.1) is 0 Å². The number of halogens is 2. The number of fused-ring (bicyclic) bond motifs is 3. The molecular weight excluding hydrogens is 446 g/mol. The second kappa shape index (κ2) is 9.88. The summed E-state index contributed by atoms with van der Waals surface area (Å²) in [6.07, 6.45) is 1.43. The summed E-state index contributed by atoms with van der Waals surface area (Å²) in [7, 11) is 0. The van der Waals surface area contributed by atoms with E-state index in [1.165, 1.54) is 17.9 Å². The van der Waals surface area contributed by atoms with E-state index in [9.17, 15) is 9.50 Å². The predicted molar refractivity (Wildman–Crippen MR) is 137 cm³/mol. The first-order valence-electron chi connectivity index (χ1n) is 12.7. The van der Waals surface area contributed by atoms with Gasteiger partial charge in [0.15, 0.2) is 0 Å². The molecule has 188 valence electrons. The molecule has 0 bridgehead atoms. The third-order valence-corrected chi connectivity index (χ3v) is 7.52. The average Bonchev–Trinajstić information content (AvgIpc) is 3.19. The van der Waals surface area contributed by atoms with Gasteiger partial charge in [0.25, 0.3) is 0 Å². The molecule has 3 aromatic rings. The number of alkyl halides is 2. The molecule has 1 saturated heterocycles. The Labute approximate surface area is 206 Å². The number of aliphatic hydroxyl groups is 1. The van der Waals surface area contributed by atoms with E-state index in [0.29, 0.717) is 12.5 Å². The lowest BCUT2D eigenvalue weighted by Gasteiger charge is -2.43. The summed E-state index contributed by atoms with van der Waals surface area (Å²) < 4.78 is 27.5. The highest BCUT2D eigenvalue weighted by Gasteiger charge is 2.39. The number of aromatic nitrogens is 1. The third kappa shape index (κ3) is 4.95. The van der Waals surface area contributed by atoms with E-state index in [1.807, 2.05) is 6.07 Å². The van der Waals surface area contributed by atoms with Crippen molar-refractivity contribution in [3.05, 3.63) is 65.4 Å². The molecule has 3 heterocycles. The Morgan fingerprint density at radius 2 is 1.89 bits per heavy atom. The molecule has 7 heteroatoms. The molecule has 5 rings (SSSR count). The first-order valence-corrected chi connectivity index (χ1v) is 12.7. The van der Waals surface area contributed by atoms with E-state index in [4.69, 9.17) is 0 Å². The smallest absolute Gasteiger partial charge is 0.143 e. The van der Waals surface area contributed by atoms with Crippen LogP contribution in [0.3, 0.4) is 0 Å². The summed E-state index contributed by atoms with van der Waals surface area (Å²) in [5.41, 5.74) is 3.98. The highest BCUT2D eigenvalue weighted by atomic mass is 19.1. The monoisotopic (exact) mass is 482 g/mol. The van der Waals surface area contributed by atoms with Gasteiger partial charge < -0.3 is 15.4 Å². The van der Waals surface area contributed by atoms with Crippen LogP contribution in [0.1, 0.15) is 43.1 Å². The molecule has 2 aromatic carbocycles. The lowest BCUT2D eigenvalue weighted by Crippen LogP contribution is -2.54. The Balaban J connectivity index is 1.41. The molecule has 0 spiro atoms. The quantitative estimate of drug-likeness (QED) is 0.415. The first kappa shape index (κ1) is 24.2. The molecule has 0 amide bonds. The second-order valence-electron chi connectivity index (χ2n) is 10.5. The van der Waals surface area contributed by atoms with Gasteiger partial charge in [-0.2, -0.15) is 0 Å². The number of aliphatic hydroxyl groups excluding tert-OH is 1. The van der Waals surface area contributed by atoms with Crippen molar-refractivity contribution in [3.8, 4) is 0 Å². The zero-order valence-corrected chi connectivity index (χ0v) is 20.6. The highest BCUT2D eigenvalue weighted by Crippen LogP contribution is 2.41. The lowest BCUT2D eigenvalue weighted by atomic mass is 9.87. The number of aromatic amines is 1. The summed E-state index contributed by atoms with van der Waals surface area (Å²) >= 11 is 0. The van der Waals surface area contributed by atoms with Crippen molar-refractivity contribution in [2.24, 2.45) is 0 Å². The molecule has 0 radical (unpaired) electrons. The van der Waals surface area contributed by atoms with Crippen molar-refractivity contribution in [3.63, 3.8) is 0 Å². The normalized spacial score (nSPS) is 23.1. The van der Waals surface area contributed by atoms with E-state index in [0.717, 1.165) is 48.5 Å². The molecule has 1 fully saturated rings. The number of hydrogen-bond acceptors (Lipinski definition) is 4. The van der Waals surface area contributed by atoms with Crippen LogP contribution in [0, 0.1) is 0 Å². The van der Waals surface area contributed by atoms with Gasteiger partial charge in [0, 0.05) is 54.5 Å². The molecule has 3 atom stereocenters. The van der Waals surface area contributed by atoms with Crippen molar-refractivity contribution in [1.82, 2.24) is 14.8 Å². The molecule has 2 unspecified atom stereocenters. The molecule has 0 aliphatic carbocycles. The SMILES string of the molecule is C[C@@H]1Cc2c([nH]c3ccccc23)C(c2ccc(NC3CN(CCCF)C3)cc2)N1CC(C)(F)CO. The van der Waals surface area contributed by atoms with Gasteiger partial charge >= 0.3 is 0 Å². The van der Waals surface area contributed by atoms with Crippen LogP contribution in [0.15, 0.2) is 48.5 Å². The fraction of sp³-hybridized carbons (Fsp3) is 0.500. The first-order chi connectivity index (χ1) is 16.9. The summed E-state index contributed by atoms with van der Waals surface area (Å²) in [6, 6.07) is 17.2. The molecule has 1 aromatic heterocycles. The molecule has 0 saturated carbocycles. The Hall–Kier alpha value is -2.48. The Kier molecular flexibility index (Phi) is 6.84. The van der Waals surface area contributed by atoms with Crippen molar-refractivity contribution in [2.75, 3.05) is 44.8 Å². The standard InChI is InChI=1S/C28H36F2N4O/c1-19-14-24-23-6-3-4-7-25(23)32-26(24)27(34(19)17-28(2,30)18-35)20-8-10-21(11-9-20)31-22-15-33(16-22)13-5-12-29/h3-4,6-11,19,22,27,31-32,35H,5,12-18H2,1-2H3/t19-,27?,28?/m1/s1. The minimum absolute atomic E-state index is 0.122. The second-order valence-corrected chi connectivity index (χ2v) is 10.5. The summed E-state index contributed by atoms with van der Waals surface area (Å²) in [6.45, 7) is 5.69. The largest absolute Gasteiger partial charge is 0.393 e. The van der Waals surface area contributed by atoms with Gasteiger partial charge in [-0.1, -0.05) is 30.3 Å². The van der Waals surface area contributed by atoms with Crippen LogP contribution in [0.5, 0.6) is 0 Å². The number of hydrogen-bond donors (Lipinski definition) is 3. The Morgan fingerprint density at radius 1 is 1.14 bits per heavy atom. The zero-order chi connectivity index (χ0) is 24.6. The molecular formula is C28H36F2N4O. The Morgan fingerprint density at radius 3 is 2.60 bits per heavy atom. The van der Waals surface area contributed by atoms with Crippen LogP contribution >= 0.6 is 0 Å². The van der Waals surface area contributed by atoms with E-state index < -0.39 is 12.3 Å². The number of nitrogens with one attached hydrogen (secondary N) is 2. The van der Waals surface area contributed by atoms with Gasteiger partial charge in [-0.05, 0) is 56.0 Å². The van der Waals surface area contributed by atoms with Crippen LogP contribution in [-0.4, -0.2) is 77.1 Å². The van der Waals surface area contributed by atoms with Crippen molar-refractivity contribution < 1.29 is 13.9 Å². The van der Waals surface area contributed by atoms with Crippen molar-refractivity contribution in [2.45, 2.75) is 50.5 Å². The number of likely N-dealkylation sites (tertiary alicyclic amines) is 1. The highest BCUT2D eigenvalue weighted by molar-refractivity contribution is 5.85. The van der Waals surface area contributed by atoms with Gasteiger partial charge in [0.2, 0.25) is 0 Å². The topological polar surface area (TPSA) is 54.5 Å². The van der Waals surface area contributed by atoms with Crippen LogP contribution in [0.4, 0.5) is 14.5 Å². The summed E-state index contributed by atoms with van der Waals surface area (Å²) in [5.74, 6) is 0. The van der Waals surface area contributed by atoms with Gasteiger partial charge in [0.05, 0.1) is 25.4 Å². The Bertz CT molecular complexity index is 1140. The number of rotatable bonds is 9. The number of anilines is 1. The minimum atomic E-state index is -1.68. The molecule has 5 nitrogen and oxygen atoms in total. The zero-order valence-electron chi connectivity index (χ0n) is 20.6.